The zero-order chi connectivity index (χ0) is 31.4. The summed E-state index contributed by atoms with van der Waals surface area (Å²) in [4.78, 5) is 50.4. The van der Waals surface area contributed by atoms with E-state index in [-0.39, 0.29) is 16.9 Å². The van der Waals surface area contributed by atoms with Crippen LogP contribution in [0.1, 0.15) is 23.7 Å². The molecule has 14 nitrogen and oxygen atoms in total. The van der Waals surface area contributed by atoms with Crippen molar-refractivity contribution in [3.05, 3.63) is 87.6 Å². The predicted octanol–water partition coefficient (Wildman–Crippen LogP) is 2.89. The summed E-state index contributed by atoms with van der Waals surface area (Å²) in [6.45, 7) is -1.50. The summed E-state index contributed by atoms with van der Waals surface area (Å²) in [5.74, 6) is -4.31. The topological polar surface area (TPSA) is 188 Å². The summed E-state index contributed by atoms with van der Waals surface area (Å²) in [7, 11) is 0. The SMILES string of the molecule is O=C(O)Nc1ccc(-c2cc(C(CC(=O)N3CC(F)(F)C3)NC(=O)C=Cc3cc(Cl)ccc3-n3cnnn3)n[nH]c2=O)cc1. The van der Waals surface area contributed by atoms with E-state index in [9.17, 15) is 28.0 Å². The third kappa shape index (κ3) is 7.09. The van der Waals surface area contributed by atoms with Crippen molar-refractivity contribution >= 4 is 41.3 Å². The molecule has 1 atom stereocenters. The van der Waals surface area contributed by atoms with E-state index in [4.69, 9.17) is 16.7 Å². The monoisotopic (exact) mass is 625 g/mol. The number of carbonyl (C=O) groups is 3. The van der Waals surface area contributed by atoms with E-state index in [0.29, 0.717) is 21.8 Å². The van der Waals surface area contributed by atoms with Gasteiger partial charge in [0.25, 0.3) is 11.5 Å². The van der Waals surface area contributed by atoms with E-state index in [1.807, 2.05) is 0 Å². The van der Waals surface area contributed by atoms with Gasteiger partial charge >= 0.3 is 6.09 Å². The van der Waals surface area contributed by atoms with Crippen molar-refractivity contribution in [3.63, 3.8) is 0 Å². The Labute approximate surface area is 251 Å². The van der Waals surface area contributed by atoms with Crippen molar-refractivity contribution in [2.24, 2.45) is 0 Å². The number of aromatic amines is 1. The number of tetrazole rings is 1. The lowest BCUT2D eigenvalue weighted by Crippen LogP contribution is -2.58. The average Bonchev–Trinajstić information content (AvgIpc) is 3.50. The summed E-state index contributed by atoms with van der Waals surface area (Å²) in [6, 6.07) is 11.0. The van der Waals surface area contributed by atoms with Crippen molar-refractivity contribution in [1.82, 2.24) is 40.6 Å². The normalized spacial score (nSPS) is 14.6. The summed E-state index contributed by atoms with van der Waals surface area (Å²) < 4.78 is 28.3. The van der Waals surface area contributed by atoms with E-state index < -0.39 is 54.9 Å². The van der Waals surface area contributed by atoms with Gasteiger partial charge in [-0.25, -0.2) is 18.7 Å². The van der Waals surface area contributed by atoms with Crippen LogP contribution >= 0.6 is 11.6 Å². The van der Waals surface area contributed by atoms with Gasteiger partial charge in [0.2, 0.25) is 11.8 Å². The molecule has 2 aromatic heterocycles. The minimum Gasteiger partial charge on any atom is -0.465 e. The minimum atomic E-state index is -2.99. The van der Waals surface area contributed by atoms with Gasteiger partial charge in [-0.1, -0.05) is 23.7 Å². The van der Waals surface area contributed by atoms with E-state index in [2.05, 4.69) is 36.4 Å². The lowest BCUT2D eigenvalue weighted by atomic mass is 10.0. The Bertz CT molecular complexity index is 1790. The second kappa shape index (κ2) is 12.4. The van der Waals surface area contributed by atoms with Crippen LogP contribution in [-0.2, 0) is 9.59 Å². The van der Waals surface area contributed by atoms with Crippen LogP contribution in [-0.4, -0.2) is 77.3 Å². The number of halogens is 3. The Balaban J connectivity index is 1.42. The first-order chi connectivity index (χ1) is 21.0. The number of nitrogens with zero attached hydrogens (tertiary/aromatic N) is 6. The molecule has 0 spiro atoms. The predicted molar refractivity (Wildman–Crippen MR) is 152 cm³/mol. The van der Waals surface area contributed by atoms with Gasteiger partial charge in [-0.2, -0.15) is 9.78 Å². The van der Waals surface area contributed by atoms with Gasteiger partial charge in [0.1, 0.15) is 6.33 Å². The highest BCUT2D eigenvalue weighted by molar-refractivity contribution is 6.30. The van der Waals surface area contributed by atoms with Gasteiger partial charge in [-0.05, 0) is 58.5 Å². The largest absolute Gasteiger partial charge is 0.465 e. The molecule has 5 rings (SSSR count). The van der Waals surface area contributed by atoms with Crippen LogP contribution < -0.4 is 16.2 Å². The molecule has 0 aliphatic carbocycles. The van der Waals surface area contributed by atoms with Crippen molar-refractivity contribution in [2.75, 3.05) is 18.4 Å². The number of amides is 3. The van der Waals surface area contributed by atoms with Crippen LogP contribution in [0.15, 0.2) is 65.7 Å². The van der Waals surface area contributed by atoms with Crippen LogP contribution in [0, 0.1) is 0 Å². The van der Waals surface area contributed by atoms with Gasteiger partial charge in [-0.15, -0.1) is 5.10 Å². The Kier molecular flexibility index (Phi) is 8.43. The number of carbonyl (C=O) groups excluding carboxylic acids is 2. The molecule has 0 radical (unpaired) electrons. The maximum Gasteiger partial charge on any atom is 0.409 e. The Hall–Kier alpha value is -5.51. The summed E-state index contributed by atoms with van der Waals surface area (Å²) in [5.41, 5.74) is 1.25. The fourth-order valence-corrected chi connectivity index (χ4v) is 4.60. The molecular weight excluding hydrogens is 604 g/mol. The van der Waals surface area contributed by atoms with Crippen LogP contribution in [0.2, 0.25) is 5.02 Å². The number of rotatable bonds is 9. The summed E-state index contributed by atoms with van der Waals surface area (Å²) in [5, 5.41) is 31.5. The molecular formula is C27H22ClF2N9O5. The lowest BCUT2D eigenvalue weighted by molar-refractivity contribution is -0.166. The molecule has 4 aromatic rings. The number of alkyl halides is 2. The highest BCUT2D eigenvalue weighted by Gasteiger charge is 2.46. The van der Waals surface area contributed by atoms with Crippen LogP contribution in [0.25, 0.3) is 22.9 Å². The minimum absolute atomic E-state index is 0.0758. The van der Waals surface area contributed by atoms with E-state index in [0.717, 1.165) is 4.90 Å². The zero-order valence-corrected chi connectivity index (χ0v) is 23.2. The number of anilines is 1. The molecule has 3 amide bonds. The molecule has 1 aliphatic rings. The van der Waals surface area contributed by atoms with Gasteiger partial charge < -0.3 is 15.3 Å². The lowest BCUT2D eigenvalue weighted by Gasteiger charge is -2.39. The number of H-pyrrole nitrogens is 1. The smallest absolute Gasteiger partial charge is 0.409 e. The molecule has 1 unspecified atom stereocenters. The van der Waals surface area contributed by atoms with E-state index in [1.54, 1.807) is 18.2 Å². The number of aromatic nitrogens is 6. The Morgan fingerprint density at radius 1 is 1.14 bits per heavy atom. The van der Waals surface area contributed by atoms with E-state index in [1.165, 1.54) is 53.5 Å². The molecule has 1 saturated heterocycles. The maximum absolute atomic E-state index is 13.4. The quantitative estimate of drug-likeness (QED) is 0.203. The maximum atomic E-state index is 13.4. The highest BCUT2D eigenvalue weighted by atomic mass is 35.5. The first kappa shape index (κ1) is 30.0. The molecule has 4 N–H and O–H groups in total. The summed E-state index contributed by atoms with van der Waals surface area (Å²) >= 11 is 6.14. The zero-order valence-electron chi connectivity index (χ0n) is 22.4. The molecule has 17 heteroatoms. The second-order valence-corrected chi connectivity index (χ2v) is 10.1. The summed E-state index contributed by atoms with van der Waals surface area (Å²) in [6.07, 6.45) is 2.29. The molecule has 2 aromatic carbocycles. The average molecular weight is 626 g/mol. The molecule has 226 valence electrons. The number of benzene rings is 2. The second-order valence-electron chi connectivity index (χ2n) is 9.71. The van der Waals surface area contributed by atoms with Crippen LogP contribution in [0.5, 0.6) is 0 Å². The molecule has 44 heavy (non-hydrogen) atoms. The number of nitrogens with one attached hydrogen (secondary N) is 3. The number of likely N-dealkylation sites (tertiary alicyclic amines) is 1. The van der Waals surface area contributed by atoms with Crippen molar-refractivity contribution in [1.29, 1.82) is 0 Å². The third-order valence-electron chi connectivity index (χ3n) is 6.52. The van der Waals surface area contributed by atoms with Gasteiger partial charge in [0.15, 0.2) is 0 Å². The highest BCUT2D eigenvalue weighted by Crippen LogP contribution is 2.29. The number of hydrogen-bond donors (Lipinski definition) is 4. The number of carboxylic acid groups (broad SMARTS) is 1. The molecule has 3 heterocycles. The first-order valence-electron chi connectivity index (χ1n) is 12.8. The fraction of sp³-hybridized carbons (Fsp3) is 0.185. The fourth-order valence-electron chi connectivity index (χ4n) is 4.42. The molecule has 1 fully saturated rings. The van der Waals surface area contributed by atoms with Crippen molar-refractivity contribution in [3.8, 4) is 16.8 Å². The Morgan fingerprint density at radius 2 is 1.89 bits per heavy atom. The standard InChI is InChI=1S/C27H22ClF2N9O5/c28-17-4-7-22(39-14-31-36-37-39)16(9-17)3-8-23(40)33-20(11-24(41)38-12-27(29,30)13-38)21-10-19(25(42)35-34-21)15-1-5-18(6-2-15)32-26(43)44/h1-10,14,20,32H,11-13H2,(H,33,40)(H,35,42)(H,43,44). The van der Waals surface area contributed by atoms with Crippen LogP contribution in [0.3, 0.4) is 0 Å². The Morgan fingerprint density at radius 3 is 2.55 bits per heavy atom. The third-order valence-corrected chi connectivity index (χ3v) is 6.75. The van der Waals surface area contributed by atoms with E-state index >= 15 is 0 Å². The molecule has 1 aliphatic heterocycles. The van der Waals surface area contributed by atoms with Crippen molar-refractivity contribution in [2.45, 2.75) is 18.4 Å². The number of hydrogen-bond acceptors (Lipinski definition) is 8. The van der Waals surface area contributed by atoms with Gasteiger partial charge in [0, 0.05) is 22.3 Å². The first-order valence-corrected chi connectivity index (χ1v) is 13.2. The van der Waals surface area contributed by atoms with Gasteiger partial charge in [0.05, 0.1) is 42.5 Å². The van der Waals surface area contributed by atoms with Crippen molar-refractivity contribution < 1.29 is 28.3 Å². The van der Waals surface area contributed by atoms with Gasteiger partial charge in [-0.3, -0.25) is 19.7 Å². The van der Waals surface area contributed by atoms with Crippen LogP contribution in [0.4, 0.5) is 19.3 Å². The molecule has 0 saturated carbocycles. The molecule has 0 bridgehead atoms.